The van der Waals surface area contributed by atoms with E-state index in [0.29, 0.717) is 6.54 Å². The molecule has 2 heterocycles. The number of nitrogens with two attached hydrogens (primary N) is 1. The molecule has 0 bridgehead atoms. The van der Waals surface area contributed by atoms with Gasteiger partial charge in [-0.25, -0.2) is 4.98 Å². The van der Waals surface area contributed by atoms with Gasteiger partial charge in [-0.05, 0) is 26.2 Å². The third kappa shape index (κ3) is 7.80. The van der Waals surface area contributed by atoms with E-state index in [1.807, 2.05) is 11.8 Å². The molecule has 29 heavy (non-hydrogen) atoms. The molecule has 1 aromatic rings. The maximum Gasteiger partial charge on any atom is 0.230 e. The van der Waals surface area contributed by atoms with Crippen molar-refractivity contribution >= 4 is 54.5 Å². The lowest BCUT2D eigenvalue weighted by Gasteiger charge is -2.34. The first-order valence-corrected chi connectivity index (χ1v) is 10.6. The second-order valence-corrected chi connectivity index (χ2v) is 8.06. The molecule has 0 radical (unpaired) electrons. The van der Waals surface area contributed by atoms with Gasteiger partial charge < -0.3 is 15.4 Å². The largest absolute Gasteiger partial charge is 0.375 e. The Morgan fingerprint density at radius 3 is 2.45 bits per heavy atom. The second kappa shape index (κ2) is 14.8. The SMILES string of the molecule is CCC(CC)(CN)C(=O)N1CCCN(Cc2csc(C(C)OC)n2)CC1.Cl.Cl.Cl. The number of carbonyl (C=O) groups is 1. The predicted molar refractivity (Wildman–Crippen MR) is 128 cm³/mol. The minimum Gasteiger partial charge on any atom is -0.375 e. The summed E-state index contributed by atoms with van der Waals surface area (Å²) >= 11 is 1.65. The molecule has 1 aliphatic rings. The Morgan fingerprint density at radius 2 is 1.90 bits per heavy atom. The predicted octanol–water partition coefficient (Wildman–Crippen LogP) is 3.92. The van der Waals surface area contributed by atoms with Gasteiger partial charge in [0.2, 0.25) is 5.91 Å². The Labute approximate surface area is 198 Å². The van der Waals surface area contributed by atoms with Gasteiger partial charge in [0.25, 0.3) is 0 Å². The van der Waals surface area contributed by atoms with E-state index in [9.17, 15) is 4.79 Å². The molecule has 2 N–H and O–H groups in total. The fraction of sp³-hybridized carbons (Fsp3) is 0.789. The molecule has 2 rings (SSSR count). The minimum absolute atomic E-state index is 0. The van der Waals surface area contributed by atoms with Crippen molar-refractivity contribution in [2.75, 3.05) is 39.8 Å². The fourth-order valence-electron chi connectivity index (χ4n) is 3.51. The highest BCUT2D eigenvalue weighted by atomic mass is 35.5. The van der Waals surface area contributed by atoms with Crippen molar-refractivity contribution in [3.05, 3.63) is 16.1 Å². The van der Waals surface area contributed by atoms with Gasteiger partial charge in [-0.1, -0.05) is 13.8 Å². The van der Waals surface area contributed by atoms with Crippen LogP contribution in [0, 0.1) is 5.41 Å². The maximum absolute atomic E-state index is 13.0. The number of carbonyl (C=O) groups excluding carboxylic acids is 1. The van der Waals surface area contributed by atoms with E-state index in [1.165, 1.54) is 0 Å². The average Bonchev–Trinajstić information content (AvgIpc) is 3.01. The summed E-state index contributed by atoms with van der Waals surface area (Å²) in [6.07, 6.45) is 2.64. The van der Waals surface area contributed by atoms with Gasteiger partial charge in [0, 0.05) is 51.8 Å². The lowest BCUT2D eigenvalue weighted by atomic mass is 9.81. The van der Waals surface area contributed by atoms with E-state index in [2.05, 4.69) is 24.1 Å². The molecule has 0 saturated carbocycles. The average molecular weight is 492 g/mol. The van der Waals surface area contributed by atoms with E-state index in [-0.39, 0.29) is 49.2 Å². The summed E-state index contributed by atoms with van der Waals surface area (Å²) in [5, 5.41) is 3.14. The van der Waals surface area contributed by atoms with Crippen molar-refractivity contribution < 1.29 is 9.53 Å². The number of hydrogen-bond donors (Lipinski definition) is 1. The van der Waals surface area contributed by atoms with Crippen molar-refractivity contribution in [3.63, 3.8) is 0 Å². The van der Waals surface area contributed by atoms with Crippen LogP contribution in [0.25, 0.3) is 0 Å². The standard InChI is InChI=1S/C19H34N4O2S.3ClH/c1-5-19(6-2,14-20)18(24)23-9-7-8-22(10-11-23)12-16-13-26-17(21-16)15(3)25-4;;;/h13,15H,5-12,14,20H2,1-4H3;3*1H. The third-order valence-electron chi connectivity index (χ3n) is 5.73. The molecular weight excluding hydrogens is 455 g/mol. The number of halogens is 3. The third-order valence-corrected chi connectivity index (χ3v) is 6.78. The number of hydrogen-bond acceptors (Lipinski definition) is 6. The number of aromatic nitrogens is 1. The van der Waals surface area contributed by atoms with Crippen LogP contribution >= 0.6 is 48.6 Å². The lowest BCUT2D eigenvalue weighted by Crippen LogP contribution is -2.48. The van der Waals surface area contributed by atoms with Crippen LogP contribution < -0.4 is 5.73 Å². The fourth-order valence-corrected chi connectivity index (χ4v) is 4.35. The Morgan fingerprint density at radius 1 is 1.24 bits per heavy atom. The van der Waals surface area contributed by atoms with E-state index in [1.54, 1.807) is 18.4 Å². The van der Waals surface area contributed by atoms with Crippen molar-refractivity contribution in [1.29, 1.82) is 0 Å². The molecule has 1 amide bonds. The minimum atomic E-state index is -0.394. The number of ether oxygens (including phenoxy) is 1. The number of amides is 1. The molecule has 1 fully saturated rings. The normalized spacial score (nSPS) is 16.1. The molecule has 10 heteroatoms. The first kappa shape index (κ1) is 31.0. The summed E-state index contributed by atoms with van der Waals surface area (Å²) in [6.45, 7) is 10.9. The first-order chi connectivity index (χ1) is 12.5. The number of rotatable bonds is 8. The molecular formula is C19H37Cl3N4O2S. The molecule has 0 aliphatic carbocycles. The Balaban J connectivity index is 0. The summed E-state index contributed by atoms with van der Waals surface area (Å²) < 4.78 is 5.34. The quantitative estimate of drug-likeness (QED) is 0.597. The highest BCUT2D eigenvalue weighted by Crippen LogP contribution is 2.28. The van der Waals surface area contributed by atoms with Gasteiger partial charge >= 0.3 is 0 Å². The van der Waals surface area contributed by atoms with E-state index >= 15 is 0 Å². The monoisotopic (exact) mass is 490 g/mol. The van der Waals surface area contributed by atoms with Gasteiger partial charge in [0.05, 0.1) is 11.1 Å². The van der Waals surface area contributed by atoms with Crippen LogP contribution in [-0.4, -0.2) is 60.5 Å². The lowest BCUT2D eigenvalue weighted by molar-refractivity contribution is -0.142. The Bertz CT molecular complexity index is 579. The topological polar surface area (TPSA) is 71.7 Å². The summed E-state index contributed by atoms with van der Waals surface area (Å²) in [5.41, 5.74) is 6.66. The van der Waals surface area contributed by atoms with Crippen LogP contribution in [-0.2, 0) is 16.1 Å². The van der Waals surface area contributed by atoms with E-state index in [0.717, 1.165) is 62.7 Å². The zero-order valence-electron chi connectivity index (χ0n) is 17.9. The summed E-state index contributed by atoms with van der Waals surface area (Å²) in [5.74, 6) is 0.233. The van der Waals surface area contributed by atoms with Gasteiger partial charge in [0.15, 0.2) is 0 Å². The van der Waals surface area contributed by atoms with Crippen molar-refractivity contribution in [3.8, 4) is 0 Å². The summed E-state index contributed by atoms with van der Waals surface area (Å²) in [4.78, 5) is 22.2. The van der Waals surface area contributed by atoms with Crippen LogP contribution in [0.5, 0.6) is 0 Å². The van der Waals surface area contributed by atoms with E-state index < -0.39 is 5.41 Å². The molecule has 1 saturated heterocycles. The summed E-state index contributed by atoms with van der Waals surface area (Å²) in [7, 11) is 1.71. The van der Waals surface area contributed by atoms with Crippen LogP contribution in [0.1, 0.15) is 56.8 Å². The number of nitrogens with zero attached hydrogens (tertiary/aromatic N) is 3. The summed E-state index contributed by atoms with van der Waals surface area (Å²) in [6, 6.07) is 0. The van der Waals surface area contributed by atoms with Gasteiger partial charge in [-0.15, -0.1) is 48.6 Å². The van der Waals surface area contributed by atoms with Crippen LogP contribution in [0.2, 0.25) is 0 Å². The van der Waals surface area contributed by atoms with Crippen molar-refractivity contribution in [2.45, 2.75) is 52.7 Å². The van der Waals surface area contributed by atoms with Crippen LogP contribution in [0.3, 0.4) is 0 Å². The second-order valence-electron chi connectivity index (χ2n) is 7.17. The van der Waals surface area contributed by atoms with Crippen molar-refractivity contribution in [1.82, 2.24) is 14.8 Å². The molecule has 0 spiro atoms. The molecule has 0 aromatic carbocycles. The first-order valence-electron chi connectivity index (χ1n) is 9.68. The van der Waals surface area contributed by atoms with Gasteiger partial charge in [-0.3, -0.25) is 9.69 Å². The highest BCUT2D eigenvalue weighted by molar-refractivity contribution is 7.09. The smallest absolute Gasteiger partial charge is 0.230 e. The highest BCUT2D eigenvalue weighted by Gasteiger charge is 2.37. The molecule has 6 nitrogen and oxygen atoms in total. The van der Waals surface area contributed by atoms with Crippen LogP contribution in [0.4, 0.5) is 0 Å². The Hall–Kier alpha value is -0.150. The van der Waals surface area contributed by atoms with Gasteiger partial charge in [0.1, 0.15) is 11.1 Å². The van der Waals surface area contributed by atoms with E-state index in [4.69, 9.17) is 15.5 Å². The molecule has 1 atom stereocenters. The molecule has 1 unspecified atom stereocenters. The van der Waals surface area contributed by atoms with Crippen molar-refractivity contribution in [2.24, 2.45) is 11.1 Å². The Kier molecular flexibility index (Phi) is 15.8. The van der Waals surface area contributed by atoms with Crippen LogP contribution in [0.15, 0.2) is 5.38 Å². The van der Waals surface area contributed by atoms with Gasteiger partial charge in [-0.2, -0.15) is 0 Å². The molecule has 172 valence electrons. The zero-order chi connectivity index (χ0) is 19.2. The number of methoxy groups -OCH3 is 1. The molecule has 1 aliphatic heterocycles. The molecule has 1 aromatic heterocycles. The maximum atomic E-state index is 13.0. The number of thiazole rings is 1. The zero-order valence-corrected chi connectivity index (χ0v) is 21.2.